The van der Waals surface area contributed by atoms with Gasteiger partial charge in [-0.2, -0.15) is 0 Å². The van der Waals surface area contributed by atoms with Crippen molar-refractivity contribution in [3.05, 3.63) is 54.1 Å². The van der Waals surface area contributed by atoms with E-state index < -0.39 is 0 Å². The average molecular weight is 411 g/mol. The van der Waals surface area contributed by atoms with Crippen LogP contribution in [-0.4, -0.2) is 36.6 Å². The van der Waals surface area contributed by atoms with Crippen LogP contribution in [0.1, 0.15) is 12.0 Å². The van der Waals surface area contributed by atoms with Crippen LogP contribution >= 0.6 is 23.5 Å². The number of hydrogen-bond donors (Lipinski definition) is 2. The minimum absolute atomic E-state index is 0.694. The molecular formula is C22H26N4S2. The summed E-state index contributed by atoms with van der Waals surface area (Å²) in [5.41, 5.74) is 9.26. The van der Waals surface area contributed by atoms with Crippen LogP contribution in [0.3, 0.4) is 0 Å². The second kappa shape index (κ2) is 9.07. The molecule has 0 spiro atoms. The van der Waals surface area contributed by atoms with Gasteiger partial charge in [0.2, 0.25) is 0 Å². The monoisotopic (exact) mass is 410 g/mol. The van der Waals surface area contributed by atoms with Crippen molar-refractivity contribution >= 4 is 45.9 Å². The molecule has 3 aromatic rings. The summed E-state index contributed by atoms with van der Waals surface area (Å²) in [5.74, 6) is 2.11. The zero-order chi connectivity index (χ0) is 19.3. The molecule has 0 aliphatic carbocycles. The second-order valence-corrected chi connectivity index (χ2v) is 8.87. The number of hydrogen-bond acceptors (Lipinski definition) is 6. The summed E-state index contributed by atoms with van der Waals surface area (Å²) >= 11 is 3.70. The molecule has 3 N–H and O–H groups in total. The van der Waals surface area contributed by atoms with E-state index in [1.54, 1.807) is 11.8 Å². The lowest BCUT2D eigenvalue weighted by molar-refractivity contribution is 0.821. The van der Waals surface area contributed by atoms with Crippen molar-refractivity contribution in [1.29, 1.82) is 0 Å². The molecule has 0 saturated carbocycles. The van der Waals surface area contributed by atoms with Gasteiger partial charge in [0.15, 0.2) is 0 Å². The highest BCUT2D eigenvalue weighted by molar-refractivity contribution is 7.99. The smallest absolute Gasteiger partial charge is 0.131 e. The third-order valence-corrected chi connectivity index (χ3v) is 6.80. The predicted molar refractivity (Wildman–Crippen MR) is 124 cm³/mol. The molecule has 0 atom stereocenters. The highest BCUT2D eigenvalue weighted by atomic mass is 32.2. The molecular weight excluding hydrogens is 384 g/mol. The Morgan fingerprint density at radius 2 is 2.11 bits per heavy atom. The van der Waals surface area contributed by atoms with Crippen molar-refractivity contribution in [3.63, 3.8) is 0 Å². The first-order chi connectivity index (χ1) is 13.8. The molecule has 1 aliphatic rings. The van der Waals surface area contributed by atoms with E-state index in [0.717, 1.165) is 48.8 Å². The SMILES string of the molecule is CSc1ccc2nc(N3CCSc4ccccc4C3)cc(NCCCN)c2c1. The van der Waals surface area contributed by atoms with Crippen molar-refractivity contribution in [1.82, 2.24) is 4.98 Å². The minimum atomic E-state index is 0.694. The van der Waals surface area contributed by atoms with Gasteiger partial charge in [-0.15, -0.1) is 23.5 Å². The number of nitrogens with zero attached hydrogens (tertiary/aromatic N) is 2. The Hall–Kier alpha value is -1.89. The molecule has 6 heteroatoms. The van der Waals surface area contributed by atoms with Gasteiger partial charge in [0.25, 0.3) is 0 Å². The molecule has 28 heavy (non-hydrogen) atoms. The third kappa shape index (κ3) is 4.24. The summed E-state index contributed by atoms with van der Waals surface area (Å²) < 4.78 is 0. The lowest BCUT2D eigenvalue weighted by Gasteiger charge is -2.23. The van der Waals surface area contributed by atoms with E-state index >= 15 is 0 Å². The van der Waals surface area contributed by atoms with Crippen molar-refractivity contribution in [3.8, 4) is 0 Å². The number of aromatic nitrogens is 1. The van der Waals surface area contributed by atoms with Gasteiger partial charge in [-0.1, -0.05) is 18.2 Å². The molecule has 0 radical (unpaired) electrons. The van der Waals surface area contributed by atoms with E-state index in [1.807, 2.05) is 11.8 Å². The van der Waals surface area contributed by atoms with Crippen molar-refractivity contribution in [2.24, 2.45) is 5.73 Å². The highest BCUT2D eigenvalue weighted by Gasteiger charge is 2.17. The molecule has 2 aromatic carbocycles. The van der Waals surface area contributed by atoms with Gasteiger partial charge >= 0.3 is 0 Å². The number of anilines is 2. The normalized spacial score (nSPS) is 14.0. The first kappa shape index (κ1) is 19.4. The van der Waals surface area contributed by atoms with Crippen LogP contribution in [0, 0.1) is 0 Å². The Bertz CT molecular complexity index is 960. The van der Waals surface area contributed by atoms with Crippen molar-refractivity contribution in [2.45, 2.75) is 22.8 Å². The molecule has 0 saturated heterocycles. The summed E-state index contributed by atoms with van der Waals surface area (Å²) in [6.07, 6.45) is 3.06. The Kier molecular flexibility index (Phi) is 6.29. The van der Waals surface area contributed by atoms with Crippen LogP contribution in [0.25, 0.3) is 10.9 Å². The standard InChI is InChI=1S/C22H26N4S2/c1-27-17-7-8-19-18(13-17)20(24-10-4-9-23)14-22(25-19)26-11-12-28-21-6-3-2-5-16(21)15-26/h2-3,5-8,13-14H,4,9-12,15,23H2,1H3,(H,24,25). The molecule has 0 amide bonds. The number of fused-ring (bicyclic) bond motifs is 2. The number of pyridine rings is 1. The van der Waals surface area contributed by atoms with Crippen LogP contribution < -0.4 is 16.0 Å². The van der Waals surface area contributed by atoms with Gasteiger partial charge in [0, 0.05) is 52.3 Å². The predicted octanol–water partition coefficient (Wildman–Crippen LogP) is 4.83. The number of benzene rings is 2. The summed E-state index contributed by atoms with van der Waals surface area (Å²) in [4.78, 5) is 10.1. The van der Waals surface area contributed by atoms with E-state index in [0.29, 0.717) is 6.54 Å². The van der Waals surface area contributed by atoms with Crippen LogP contribution in [0.2, 0.25) is 0 Å². The van der Waals surface area contributed by atoms with Crippen molar-refractivity contribution < 1.29 is 0 Å². The summed E-state index contributed by atoms with van der Waals surface area (Å²) in [5, 5.41) is 4.77. The molecule has 146 valence electrons. The van der Waals surface area contributed by atoms with Crippen LogP contribution in [-0.2, 0) is 6.54 Å². The molecule has 1 aliphatic heterocycles. The fourth-order valence-electron chi connectivity index (χ4n) is 3.47. The molecule has 2 heterocycles. The van der Waals surface area contributed by atoms with E-state index in [9.17, 15) is 0 Å². The molecule has 4 rings (SSSR count). The first-order valence-electron chi connectivity index (χ1n) is 9.67. The van der Waals surface area contributed by atoms with Gasteiger partial charge in [0.05, 0.1) is 5.52 Å². The number of nitrogens with two attached hydrogens (primary N) is 1. The number of rotatable bonds is 6. The van der Waals surface area contributed by atoms with E-state index in [1.165, 1.54) is 20.7 Å². The van der Waals surface area contributed by atoms with Gasteiger partial charge < -0.3 is 16.0 Å². The Morgan fingerprint density at radius 3 is 2.96 bits per heavy atom. The molecule has 0 unspecified atom stereocenters. The van der Waals surface area contributed by atoms with E-state index in [2.05, 4.69) is 65.0 Å². The van der Waals surface area contributed by atoms with Gasteiger partial charge in [-0.3, -0.25) is 0 Å². The fourth-order valence-corrected chi connectivity index (χ4v) is 4.94. The Morgan fingerprint density at radius 1 is 1.21 bits per heavy atom. The third-order valence-electron chi connectivity index (χ3n) is 4.98. The Labute approximate surface area is 175 Å². The van der Waals surface area contributed by atoms with Gasteiger partial charge in [-0.25, -0.2) is 4.98 Å². The number of thioether (sulfide) groups is 2. The highest BCUT2D eigenvalue weighted by Crippen LogP contribution is 2.33. The minimum Gasteiger partial charge on any atom is -0.384 e. The topological polar surface area (TPSA) is 54.2 Å². The summed E-state index contributed by atoms with van der Waals surface area (Å²) in [7, 11) is 0. The Balaban J connectivity index is 1.72. The van der Waals surface area contributed by atoms with Crippen molar-refractivity contribution in [2.75, 3.05) is 41.9 Å². The zero-order valence-corrected chi connectivity index (χ0v) is 17.8. The average Bonchev–Trinajstić information content (AvgIpc) is 2.96. The first-order valence-corrected chi connectivity index (χ1v) is 11.9. The summed E-state index contributed by atoms with van der Waals surface area (Å²) in [6.45, 7) is 3.45. The lowest BCUT2D eigenvalue weighted by Crippen LogP contribution is -2.25. The number of nitrogens with one attached hydrogen (secondary N) is 1. The largest absolute Gasteiger partial charge is 0.384 e. The van der Waals surface area contributed by atoms with Gasteiger partial charge in [0.1, 0.15) is 5.82 Å². The second-order valence-electron chi connectivity index (χ2n) is 6.86. The molecule has 4 nitrogen and oxygen atoms in total. The lowest BCUT2D eigenvalue weighted by atomic mass is 10.1. The van der Waals surface area contributed by atoms with Crippen LogP contribution in [0.15, 0.2) is 58.3 Å². The molecule has 1 aromatic heterocycles. The van der Waals surface area contributed by atoms with E-state index in [4.69, 9.17) is 10.7 Å². The maximum atomic E-state index is 5.69. The molecule has 0 fully saturated rings. The molecule has 0 bridgehead atoms. The maximum Gasteiger partial charge on any atom is 0.131 e. The van der Waals surface area contributed by atoms with Crippen LogP contribution in [0.4, 0.5) is 11.5 Å². The zero-order valence-electron chi connectivity index (χ0n) is 16.1. The van der Waals surface area contributed by atoms with E-state index in [-0.39, 0.29) is 0 Å². The van der Waals surface area contributed by atoms with Gasteiger partial charge in [-0.05, 0) is 49.1 Å². The summed E-state index contributed by atoms with van der Waals surface area (Å²) in [6, 6.07) is 17.4. The van der Waals surface area contributed by atoms with Crippen LogP contribution in [0.5, 0.6) is 0 Å². The quantitative estimate of drug-likeness (QED) is 0.448. The fraction of sp³-hybridized carbons (Fsp3) is 0.318. The maximum absolute atomic E-state index is 5.69.